The number of fused-ring (bicyclic) bond motifs is 2. The predicted molar refractivity (Wildman–Crippen MR) is 160 cm³/mol. The van der Waals surface area contributed by atoms with Crippen LogP contribution in [0.5, 0.6) is 0 Å². The number of hydrogen-bond donors (Lipinski definition) is 1. The Labute approximate surface area is 235 Å². The average molecular weight is 545 g/mol. The van der Waals surface area contributed by atoms with Gasteiger partial charge in [0.05, 0.1) is 28.5 Å². The number of carbonyl (C=O) groups excluding carboxylic acids is 2. The van der Waals surface area contributed by atoms with Gasteiger partial charge in [-0.3, -0.25) is 4.79 Å². The maximum atomic E-state index is 14.2. The van der Waals surface area contributed by atoms with E-state index in [1.807, 2.05) is 49.1 Å². The third-order valence-corrected chi connectivity index (χ3v) is 8.03. The minimum atomic E-state index is -0.810. The number of nitrogens with zero attached hydrogens (tertiary/aromatic N) is 5. The molecule has 0 bridgehead atoms. The molecule has 0 spiro atoms. The second-order valence-electron chi connectivity index (χ2n) is 12.0. The zero-order valence-corrected chi connectivity index (χ0v) is 24.6. The molecule has 4 aromatic rings. The monoisotopic (exact) mass is 544 g/mol. The number of imidazole rings is 1. The Kier molecular flexibility index (Phi) is 7.02. The lowest BCUT2D eigenvalue weighted by atomic mass is 9.78. The molecule has 2 aromatic carbocycles. The number of amides is 2. The molecular formula is C31H40N6O3. The second kappa shape index (κ2) is 10.2. The Hall–Kier alpha value is -4.01. The first-order chi connectivity index (χ1) is 18.9. The quantitative estimate of drug-likeness (QED) is 0.363. The lowest BCUT2D eigenvalue weighted by Gasteiger charge is -2.47. The summed E-state index contributed by atoms with van der Waals surface area (Å²) in [6.45, 7) is 9.72. The van der Waals surface area contributed by atoms with E-state index in [4.69, 9.17) is 15.5 Å². The number of aryl methyl sites for hydroxylation is 2. The van der Waals surface area contributed by atoms with Crippen LogP contribution in [0.4, 0.5) is 10.5 Å². The van der Waals surface area contributed by atoms with Gasteiger partial charge in [0, 0.05) is 50.7 Å². The van der Waals surface area contributed by atoms with Gasteiger partial charge in [-0.2, -0.15) is 0 Å². The Bertz CT molecular complexity index is 1590. The third kappa shape index (κ3) is 4.67. The van der Waals surface area contributed by atoms with E-state index in [0.717, 1.165) is 41.2 Å². The fourth-order valence-corrected chi connectivity index (χ4v) is 6.41. The van der Waals surface area contributed by atoms with Crippen LogP contribution >= 0.6 is 0 Å². The van der Waals surface area contributed by atoms with Crippen molar-refractivity contribution >= 4 is 39.6 Å². The summed E-state index contributed by atoms with van der Waals surface area (Å²) in [4.78, 5) is 34.8. The van der Waals surface area contributed by atoms with E-state index in [1.165, 1.54) is 10.9 Å². The fraction of sp³-hybridized carbons (Fsp3) is 0.452. The van der Waals surface area contributed by atoms with Gasteiger partial charge in [-0.05, 0) is 49.4 Å². The van der Waals surface area contributed by atoms with Crippen molar-refractivity contribution in [2.75, 3.05) is 25.5 Å². The summed E-state index contributed by atoms with van der Waals surface area (Å²) in [5.74, 6) is 0.749. The molecule has 9 heteroatoms. The summed E-state index contributed by atoms with van der Waals surface area (Å²) < 4.78 is 9.91. The molecule has 1 aliphatic rings. The van der Waals surface area contributed by atoms with Gasteiger partial charge in [-0.25, -0.2) is 9.78 Å². The lowest BCUT2D eigenvalue weighted by Crippen LogP contribution is -2.58. The van der Waals surface area contributed by atoms with Crippen LogP contribution in [0, 0.1) is 5.41 Å². The SMILES string of the molecule is CCn1c(-c2nc3cc(C(=O)N4CCCC(OC(N)=O)C4C(C)(C)C)cc(N(C)C)c3n2C)cc2ccccc21. The van der Waals surface area contributed by atoms with Gasteiger partial charge >= 0.3 is 6.09 Å². The van der Waals surface area contributed by atoms with Gasteiger partial charge in [0.25, 0.3) is 5.91 Å². The van der Waals surface area contributed by atoms with Crippen LogP contribution in [0.15, 0.2) is 42.5 Å². The zero-order chi connectivity index (χ0) is 28.9. The number of nitrogens with two attached hydrogens (primary N) is 1. The first-order valence-corrected chi connectivity index (χ1v) is 14.0. The van der Waals surface area contributed by atoms with Crippen LogP contribution in [0.3, 0.4) is 0 Å². The van der Waals surface area contributed by atoms with Crippen LogP contribution in [-0.2, 0) is 18.3 Å². The second-order valence-corrected chi connectivity index (χ2v) is 12.0. The molecule has 0 radical (unpaired) electrons. The maximum absolute atomic E-state index is 14.2. The third-order valence-electron chi connectivity index (χ3n) is 8.03. The summed E-state index contributed by atoms with van der Waals surface area (Å²) in [6.07, 6.45) is 0.139. The summed E-state index contributed by atoms with van der Waals surface area (Å²) in [5, 5.41) is 1.17. The lowest BCUT2D eigenvalue weighted by molar-refractivity contribution is -0.0352. The van der Waals surface area contributed by atoms with Gasteiger partial charge in [-0.15, -0.1) is 0 Å². The number of aromatic nitrogens is 3. The van der Waals surface area contributed by atoms with Gasteiger partial charge in [0.1, 0.15) is 6.10 Å². The topological polar surface area (TPSA) is 98.6 Å². The molecule has 2 amide bonds. The minimum Gasteiger partial charge on any atom is -0.444 e. The van der Waals surface area contributed by atoms with Gasteiger partial charge < -0.3 is 29.4 Å². The van der Waals surface area contributed by atoms with Crippen LogP contribution in [0.2, 0.25) is 0 Å². The van der Waals surface area contributed by atoms with Crippen molar-refractivity contribution < 1.29 is 14.3 Å². The number of primary amides is 1. The van der Waals surface area contributed by atoms with Crippen molar-refractivity contribution in [3.05, 3.63) is 48.0 Å². The Morgan fingerprint density at radius 1 is 1.15 bits per heavy atom. The maximum Gasteiger partial charge on any atom is 0.404 e. The molecule has 1 aliphatic heterocycles. The number of rotatable bonds is 5. The highest BCUT2D eigenvalue weighted by Gasteiger charge is 2.43. The fourth-order valence-electron chi connectivity index (χ4n) is 6.41. The Morgan fingerprint density at radius 3 is 2.52 bits per heavy atom. The number of para-hydroxylation sites is 1. The molecule has 2 atom stereocenters. The normalized spacial score (nSPS) is 17.9. The van der Waals surface area contributed by atoms with Crippen LogP contribution in [-0.4, -0.2) is 63.8 Å². The highest BCUT2D eigenvalue weighted by atomic mass is 16.6. The molecule has 5 rings (SSSR count). The van der Waals surface area contributed by atoms with Crippen molar-refractivity contribution in [1.29, 1.82) is 0 Å². The molecular weight excluding hydrogens is 504 g/mol. The van der Waals surface area contributed by atoms with Crippen LogP contribution < -0.4 is 10.6 Å². The average Bonchev–Trinajstić information content (AvgIpc) is 3.43. The molecule has 3 heterocycles. The highest BCUT2D eigenvalue weighted by Crippen LogP contribution is 2.37. The number of carbonyl (C=O) groups is 2. The molecule has 0 aliphatic carbocycles. The van der Waals surface area contributed by atoms with Crippen molar-refractivity contribution in [2.24, 2.45) is 18.2 Å². The highest BCUT2D eigenvalue weighted by molar-refractivity contribution is 6.03. The van der Waals surface area contributed by atoms with Crippen molar-refractivity contribution in [3.63, 3.8) is 0 Å². The molecule has 212 valence electrons. The standard InChI is InChI=1S/C31H40N6O3/c1-8-36-22-13-10-9-12-19(22)17-24(36)28-33-21-16-20(18-23(34(5)6)26(21)35(28)7)29(38)37-15-11-14-25(40-30(32)39)27(37)31(2,3)4/h9-10,12-13,16-18,25,27H,8,11,14-15H2,1-7H3,(H2,32,39). The van der Waals surface area contributed by atoms with Crippen LogP contribution in [0.25, 0.3) is 33.5 Å². The Balaban J connectivity index is 1.64. The molecule has 1 saturated heterocycles. The van der Waals surface area contributed by atoms with E-state index < -0.39 is 12.2 Å². The molecule has 2 unspecified atom stereocenters. The van der Waals surface area contributed by atoms with Gasteiger partial charge in [-0.1, -0.05) is 39.0 Å². The van der Waals surface area contributed by atoms with E-state index >= 15 is 0 Å². The van der Waals surface area contributed by atoms with Crippen LogP contribution in [0.1, 0.15) is 50.9 Å². The van der Waals surface area contributed by atoms with E-state index in [1.54, 1.807) is 0 Å². The minimum absolute atomic E-state index is 0.0995. The molecule has 2 aromatic heterocycles. The van der Waals surface area contributed by atoms with E-state index in [0.29, 0.717) is 18.5 Å². The van der Waals surface area contributed by atoms with Crippen molar-refractivity contribution in [3.8, 4) is 11.5 Å². The number of ether oxygens (including phenoxy) is 1. The molecule has 1 fully saturated rings. The van der Waals surface area contributed by atoms with Gasteiger partial charge in [0.15, 0.2) is 5.82 Å². The first kappa shape index (κ1) is 27.6. The summed E-state index contributed by atoms with van der Waals surface area (Å²) in [7, 11) is 5.99. The number of anilines is 1. The van der Waals surface area contributed by atoms with E-state index in [-0.39, 0.29) is 17.4 Å². The van der Waals surface area contributed by atoms with E-state index in [9.17, 15) is 9.59 Å². The van der Waals surface area contributed by atoms with E-state index in [2.05, 4.69) is 61.1 Å². The molecule has 2 N–H and O–H groups in total. The smallest absolute Gasteiger partial charge is 0.404 e. The van der Waals surface area contributed by atoms with Crippen molar-refractivity contribution in [1.82, 2.24) is 19.0 Å². The zero-order valence-electron chi connectivity index (χ0n) is 24.6. The Morgan fingerprint density at radius 2 is 1.88 bits per heavy atom. The summed E-state index contributed by atoms with van der Waals surface area (Å²) in [5.41, 5.74) is 10.5. The predicted octanol–water partition coefficient (Wildman–Crippen LogP) is 5.40. The van der Waals surface area contributed by atoms with Gasteiger partial charge in [0.2, 0.25) is 0 Å². The molecule has 40 heavy (non-hydrogen) atoms. The summed E-state index contributed by atoms with van der Waals surface area (Å²) in [6, 6.07) is 14.1. The number of likely N-dealkylation sites (tertiary alicyclic amines) is 1. The number of hydrogen-bond acceptors (Lipinski definition) is 5. The number of benzene rings is 2. The molecule has 9 nitrogen and oxygen atoms in total. The molecule has 0 saturated carbocycles. The first-order valence-electron chi connectivity index (χ1n) is 14.0. The summed E-state index contributed by atoms with van der Waals surface area (Å²) >= 11 is 0. The van der Waals surface area contributed by atoms with Crippen molar-refractivity contribution in [2.45, 2.75) is 59.2 Å². The largest absolute Gasteiger partial charge is 0.444 e. The number of piperidine rings is 1.